The van der Waals surface area contributed by atoms with Crippen molar-refractivity contribution in [3.63, 3.8) is 0 Å². The van der Waals surface area contributed by atoms with Gasteiger partial charge in [-0.05, 0) is 32.0 Å². The van der Waals surface area contributed by atoms with Gasteiger partial charge in [0.1, 0.15) is 11.4 Å². The molecule has 1 aromatic heterocycles. The molecule has 0 aliphatic rings. The molecule has 0 aliphatic carbocycles. The highest BCUT2D eigenvalue weighted by Crippen LogP contribution is 2.31. The smallest absolute Gasteiger partial charge is 0.397 e. The van der Waals surface area contributed by atoms with Crippen LogP contribution in [-0.2, 0) is 19.1 Å². The van der Waals surface area contributed by atoms with Gasteiger partial charge in [-0.1, -0.05) is 0 Å². The summed E-state index contributed by atoms with van der Waals surface area (Å²) in [4.78, 5) is 38.5. The number of H-pyrrole nitrogens is 1. The van der Waals surface area contributed by atoms with Crippen LogP contribution in [0, 0.1) is 0 Å². The van der Waals surface area contributed by atoms with Crippen molar-refractivity contribution in [1.29, 1.82) is 0 Å². The molecule has 0 fully saturated rings. The molecular formula is C16H18N2O6. The fraction of sp³-hybridized carbons (Fsp3) is 0.312. The van der Waals surface area contributed by atoms with E-state index in [2.05, 4.69) is 15.0 Å². The zero-order chi connectivity index (χ0) is 17.7. The molecule has 0 unspecified atom stereocenters. The molecule has 0 spiro atoms. The highest BCUT2D eigenvalue weighted by molar-refractivity contribution is 6.38. The molecule has 2 aromatic rings. The van der Waals surface area contributed by atoms with E-state index in [1.165, 1.54) is 7.11 Å². The molecule has 0 bridgehead atoms. The summed E-state index contributed by atoms with van der Waals surface area (Å²) in [6.45, 7) is 3.49. The van der Waals surface area contributed by atoms with Gasteiger partial charge in [0.05, 0.1) is 26.0 Å². The Balaban J connectivity index is 2.49. The van der Waals surface area contributed by atoms with Crippen molar-refractivity contribution in [2.24, 2.45) is 0 Å². The monoisotopic (exact) mass is 334 g/mol. The van der Waals surface area contributed by atoms with Crippen molar-refractivity contribution < 1.29 is 28.6 Å². The van der Waals surface area contributed by atoms with E-state index in [9.17, 15) is 14.4 Å². The molecule has 1 aromatic carbocycles. The lowest BCUT2D eigenvalue weighted by Crippen LogP contribution is -2.26. The number of hydrogen-bond donors (Lipinski definition) is 2. The summed E-state index contributed by atoms with van der Waals surface area (Å²) in [6.07, 6.45) is 0. The van der Waals surface area contributed by atoms with Crippen LogP contribution in [0.25, 0.3) is 10.9 Å². The first kappa shape index (κ1) is 17.3. The van der Waals surface area contributed by atoms with Crippen LogP contribution in [0.3, 0.4) is 0 Å². The third-order valence-corrected chi connectivity index (χ3v) is 3.18. The second kappa shape index (κ2) is 7.49. The van der Waals surface area contributed by atoms with Crippen molar-refractivity contribution in [2.45, 2.75) is 13.8 Å². The second-order valence-corrected chi connectivity index (χ2v) is 4.68. The van der Waals surface area contributed by atoms with Gasteiger partial charge >= 0.3 is 17.8 Å². The number of hydrogen-bond acceptors (Lipinski definition) is 6. The third-order valence-electron chi connectivity index (χ3n) is 3.18. The maximum Gasteiger partial charge on any atom is 0.397 e. The highest BCUT2D eigenvalue weighted by Gasteiger charge is 2.24. The molecular weight excluding hydrogens is 316 g/mol. The van der Waals surface area contributed by atoms with Gasteiger partial charge in [-0.3, -0.25) is 4.79 Å². The second-order valence-electron chi connectivity index (χ2n) is 4.68. The molecule has 1 amide bonds. The molecule has 24 heavy (non-hydrogen) atoms. The Morgan fingerprint density at radius 2 is 1.83 bits per heavy atom. The number of ether oxygens (including phenoxy) is 3. The number of esters is 2. The van der Waals surface area contributed by atoms with Gasteiger partial charge in [0.2, 0.25) is 0 Å². The zero-order valence-electron chi connectivity index (χ0n) is 13.6. The van der Waals surface area contributed by atoms with E-state index < -0.39 is 17.8 Å². The van der Waals surface area contributed by atoms with Crippen LogP contribution in [0.2, 0.25) is 0 Å². The first-order valence-electron chi connectivity index (χ1n) is 7.36. The minimum Gasteiger partial charge on any atom is -0.497 e. The van der Waals surface area contributed by atoms with Crippen LogP contribution < -0.4 is 10.1 Å². The summed E-state index contributed by atoms with van der Waals surface area (Å²) >= 11 is 0. The van der Waals surface area contributed by atoms with E-state index in [1.54, 1.807) is 32.0 Å². The minimum atomic E-state index is -1.04. The van der Waals surface area contributed by atoms with Crippen molar-refractivity contribution in [2.75, 3.05) is 25.6 Å². The summed E-state index contributed by atoms with van der Waals surface area (Å²) in [5.74, 6) is -2.13. The van der Waals surface area contributed by atoms with Gasteiger partial charge in [-0.2, -0.15) is 0 Å². The Morgan fingerprint density at radius 3 is 2.46 bits per heavy atom. The lowest BCUT2D eigenvalue weighted by molar-refractivity contribution is -0.152. The molecule has 8 heteroatoms. The van der Waals surface area contributed by atoms with Gasteiger partial charge in [0.15, 0.2) is 0 Å². The summed E-state index contributed by atoms with van der Waals surface area (Å²) in [6, 6.07) is 5.02. The molecule has 0 aliphatic heterocycles. The van der Waals surface area contributed by atoms with E-state index in [4.69, 9.17) is 9.47 Å². The fourth-order valence-electron chi connectivity index (χ4n) is 2.15. The van der Waals surface area contributed by atoms with E-state index in [0.29, 0.717) is 16.7 Å². The number of amides is 1. The van der Waals surface area contributed by atoms with Gasteiger partial charge in [-0.25, -0.2) is 9.59 Å². The van der Waals surface area contributed by atoms with E-state index in [-0.39, 0.29) is 24.6 Å². The molecule has 0 atom stereocenters. The maximum absolute atomic E-state index is 12.1. The predicted octanol–water partition coefficient (Wildman–Crippen LogP) is 1.85. The molecule has 0 saturated heterocycles. The van der Waals surface area contributed by atoms with Crippen LogP contribution in [0.5, 0.6) is 5.75 Å². The number of methoxy groups -OCH3 is 1. The zero-order valence-corrected chi connectivity index (χ0v) is 13.6. The Morgan fingerprint density at radius 1 is 1.12 bits per heavy atom. The van der Waals surface area contributed by atoms with Gasteiger partial charge < -0.3 is 24.5 Å². The first-order chi connectivity index (χ1) is 11.5. The topological polar surface area (TPSA) is 107 Å². The van der Waals surface area contributed by atoms with E-state index in [1.807, 2.05) is 0 Å². The van der Waals surface area contributed by atoms with E-state index in [0.717, 1.165) is 0 Å². The molecule has 0 radical (unpaired) electrons. The lowest BCUT2D eigenvalue weighted by atomic mass is 10.2. The lowest BCUT2D eigenvalue weighted by Gasteiger charge is -2.07. The fourth-order valence-corrected chi connectivity index (χ4v) is 2.15. The predicted molar refractivity (Wildman–Crippen MR) is 86.1 cm³/mol. The number of rotatable bonds is 5. The first-order valence-corrected chi connectivity index (χ1v) is 7.36. The molecule has 2 N–H and O–H groups in total. The molecule has 1 heterocycles. The number of carbonyl (C=O) groups is 3. The van der Waals surface area contributed by atoms with Crippen LogP contribution in [-0.4, -0.2) is 43.2 Å². The third kappa shape index (κ3) is 3.48. The van der Waals surface area contributed by atoms with Crippen molar-refractivity contribution in [3.05, 3.63) is 23.9 Å². The Hall–Kier alpha value is -3.03. The van der Waals surface area contributed by atoms with Gasteiger partial charge in [-0.15, -0.1) is 0 Å². The van der Waals surface area contributed by atoms with Crippen LogP contribution in [0.4, 0.5) is 5.69 Å². The quantitative estimate of drug-likeness (QED) is 0.638. The molecule has 128 valence electrons. The number of carbonyl (C=O) groups excluding carboxylic acids is 3. The average molecular weight is 334 g/mol. The van der Waals surface area contributed by atoms with Crippen molar-refractivity contribution >= 4 is 34.4 Å². The largest absolute Gasteiger partial charge is 0.497 e. The average Bonchev–Trinajstić information content (AvgIpc) is 2.93. The molecule has 2 rings (SSSR count). The number of aromatic amines is 1. The van der Waals surface area contributed by atoms with Crippen LogP contribution in [0.1, 0.15) is 24.3 Å². The summed E-state index contributed by atoms with van der Waals surface area (Å²) in [5, 5.41) is 2.92. The van der Waals surface area contributed by atoms with Crippen LogP contribution in [0.15, 0.2) is 18.2 Å². The standard InChI is InChI=1S/C16H18N2O6/c1-4-23-15(20)13-12(18-14(19)16(21)24-5-2)10-8-9(22-3)6-7-11(10)17-13/h6-8,17H,4-5H2,1-3H3,(H,18,19). The summed E-state index contributed by atoms with van der Waals surface area (Å²) in [5.41, 5.74) is 0.760. The number of benzene rings is 1. The summed E-state index contributed by atoms with van der Waals surface area (Å²) in [7, 11) is 1.50. The maximum atomic E-state index is 12.1. The number of nitrogens with one attached hydrogen (secondary N) is 2. The minimum absolute atomic E-state index is 0.0396. The number of aromatic nitrogens is 1. The normalized spacial score (nSPS) is 10.3. The number of fused-ring (bicyclic) bond motifs is 1. The van der Waals surface area contributed by atoms with Crippen molar-refractivity contribution in [1.82, 2.24) is 4.98 Å². The number of anilines is 1. The molecule has 0 saturated carbocycles. The van der Waals surface area contributed by atoms with Crippen LogP contribution >= 0.6 is 0 Å². The molecule has 8 nitrogen and oxygen atoms in total. The van der Waals surface area contributed by atoms with Crippen molar-refractivity contribution in [3.8, 4) is 5.75 Å². The highest BCUT2D eigenvalue weighted by atomic mass is 16.5. The SMILES string of the molecule is CCOC(=O)C(=O)Nc1c(C(=O)OCC)[nH]c2ccc(OC)cc12. The van der Waals surface area contributed by atoms with E-state index >= 15 is 0 Å². The summed E-state index contributed by atoms with van der Waals surface area (Å²) < 4.78 is 14.8. The van der Waals surface area contributed by atoms with Gasteiger partial charge in [0.25, 0.3) is 0 Å². The van der Waals surface area contributed by atoms with Gasteiger partial charge in [0, 0.05) is 10.9 Å². The Kier molecular flexibility index (Phi) is 5.41. The Bertz CT molecular complexity index is 780. The Labute approximate surface area is 138 Å².